The fourth-order valence-corrected chi connectivity index (χ4v) is 6.37. The number of aryl methyl sites for hydroxylation is 3. The second-order valence-electron chi connectivity index (χ2n) is 10.5. The molecule has 0 bridgehead atoms. The number of pyridine rings is 3. The third-order valence-corrected chi connectivity index (χ3v) is 8.98. The number of benzene rings is 2. The van der Waals surface area contributed by atoms with Crippen LogP contribution in [0.4, 0.5) is 26.3 Å². The molecule has 0 saturated heterocycles. The van der Waals surface area contributed by atoms with Crippen molar-refractivity contribution in [3.8, 4) is 33.6 Å². The van der Waals surface area contributed by atoms with Crippen LogP contribution in [-0.2, 0) is 0 Å². The van der Waals surface area contributed by atoms with Gasteiger partial charge in [-0.25, -0.2) is 24.9 Å². The summed E-state index contributed by atoms with van der Waals surface area (Å²) in [5.74, 6) is 1.14. The highest BCUT2D eigenvalue weighted by atomic mass is 79.9. The number of aromatic nitrogens is 5. The first-order valence-electron chi connectivity index (χ1n) is 14.6. The minimum atomic E-state index is -0.460. The van der Waals surface area contributed by atoms with Gasteiger partial charge in [0, 0.05) is 49.0 Å². The first kappa shape index (κ1) is 32.1. The van der Waals surface area contributed by atoms with Crippen LogP contribution in [0.25, 0.3) is 33.6 Å². The van der Waals surface area contributed by atoms with Gasteiger partial charge < -0.3 is 10.6 Å². The number of nitrogens with zero attached hydrogens (tertiary/aromatic N) is 5. The number of rotatable bonds is 7. The topological polar surface area (TPSA) is 88.5 Å². The second kappa shape index (κ2) is 14.7. The van der Waals surface area contributed by atoms with Gasteiger partial charge in [-0.1, -0.05) is 64.5 Å². The molecule has 0 aliphatic heterocycles. The Morgan fingerprint density at radius 1 is 0.553 bits per heavy atom. The van der Waals surface area contributed by atoms with Crippen molar-refractivity contribution in [2.75, 3.05) is 10.6 Å². The lowest BCUT2D eigenvalue weighted by atomic mass is 10.0. The maximum absolute atomic E-state index is 13.2. The Hall–Kier alpha value is -4.84. The number of thiazole rings is 2. The van der Waals surface area contributed by atoms with Crippen molar-refractivity contribution in [1.29, 1.82) is 0 Å². The molecule has 0 spiro atoms. The molecule has 7 rings (SSSR count). The molecule has 0 aliphatic rings. The molecular weight excluding hydrogens is 693 g/mol. The van der Waals surface area contributed by atoms with E-state index in [4.69, 9.17) is 0 Å². The van der Waals surface area contributed by atoms with Gasteiger partial charge in [-0.3, -0.25) is 0 Å². The predicted octanol–water partition coefficient (Wildman–Crippen LogP) is 10.8. The highest BCUT2D eigenvalue weighted by Gasteiger charge is 2.09. The number of halogens is 2. The van der Waals surface area contributed by atoms with E-state index in [9.17, 15) is 4.39 Å². The maximum Gasteiger partial charge on any atom is 0.213 e. The van der Waals surface area contributed by atoms with Crippen molar-refractivity contribution < 1.29 is 4.39 Å². The lowest BCUT2D eigenvalue weighted by molar-refractivity contribution is 0.580. The van der Waals surface area contributed by atoms with Crippen LogP contribution >= 0.6 is 38.6 Å². The third-order valence-electron chi connectivity index (χ3n) is 6.94. The van der Waals surface area contributed by atoms with E-state index in [1.807, 2.05) is 116 Å². The molecule has 0 atom stereocenters. The van der Waals surface area contributed by atoms with E-state index in [0.29, 0.717) is 5.69 Å². The van der Waals surface area contributed by atoms with Gasteiger partial charge in [0.05, 0.1) is 11.4 Å². The summed E-state index contributed by atoms with van der Waals surface area (Å²) in [6.07, 6.45) is 0. The van der Waals surface area contributed by atoms with Crippen molar-refractivity contribution >= 4 is 60.5 Å². The predicted molar refractivity (Wildman–Crippen MR) is 195 cm³/mol. The molecule has 5 aromatic heterocycles. The first-order valence-corrected chi connectivity index (χ1v) is 17.2. The van der Waals surface area contributed by atoms with Crippen LogP contribution in [0.5, 0.6) is 0 Å². The smallest absolute Gasteiger partial charge is 0.213 e. The minimum Gasteiger partial charge on any atom is -0.316 e. The quantitative estimate of drug-likeness (QED) is 0.158. The van der Waals surface area contributed by atoms with E-state index in [0.717, 1.165) is 71.4 Å². The largest absolute Gasteiger partial charge is 0.316 e. The van der Waals surface area contributed by atoms with E-state index in [2.05, 4.69) is 51.5 Å². The van der Waals surface area contributed by atoms with Crippen molar-refractivity contribution in [3.63, 3.8) is 0 Å². The standard InChI is InChI=1S/C21H17FN4S.C15H12BrN3S/c1-13-4-3-5-20(23-13)26-21-25-18(12-27-21)16-8-6-15(7-9-16)17-10-11-19(22)24-14(17)2;1-10-3-2-4-14(17-10)19-15-18-13(9-20-15)11-5-7-12(16)8-6-11/h3-12H,1-2H3,(H,23,25,26);2-9H,1H3,(H,17,18,19). The summed E-state index contributed by atoms with van der Waals surface area (Å²) < 4.78 is 14.3. The van der Waals surface area contributed by atoms with Gasteiger partial charge in [0.2, 0.25) is 5.95 Å². The zero-order chi connectivity index (χ0) is 32.8. The number of hydrogen-bond donors (Lipinski definition) is 2. The molecule has 5 heterocycles. The van der Waals surface area contributed by atoms with Crippen molar-refractivity contribution in [1.82, 2.24) is 24.9 Å². The molecule has 0 saturated carbocycles. The lowest BCUT2D eigenvalue weighted by Gasteiger charge is -2.06. The fraction of sp³-hybridized carbons (Fsp3) is 0.0833. The molecule has 0 unspecified atom stereocenters. The Labute approximate surface area is 288 Å². The monoisotopic (exact) mass is 721 g/mol. The zero-order valence-electron chi connectivity index (χ0n) is 25.7. The number of nitrogens with one attached hydrogen (secondary N) is 2. The molecule has 7 aromatic rings. The second-order valence-corrected chi connectivity index (χ2v) is 13.1. The normalized spacial score (nSPS) is 10.7. The zero-order valence-corrected chi connectivity index (χ0v) is 28.9. The fourth-order valence-electron chi connectivity index (χ4n) is 4.65. The summed E-state index contributed by atoms with van der Waals surface area (Å²) in [4.78, 5) is 22.0. The van der Waals surface area contributed by atoms with E-state index in [1.54, 1.807) is 17.4 Å². The summed E-state index contributed by atoms with van der Waals surface area (Å²) in [5.41, 5.74) is 8.54. The van der Waals surface area contributed by atoms with Crippen LogP contribution in [-0.4, -0.2) is 24.9 Å². The van der Waals surface area contributed by atoms with Gasteiger partial charge in [-0.05, 0) is 74.9 Å². The molecule has 2 aromatic carbocycles. The van der Waals surface area contributed by atoms with Gasteiger partial charge in [-0.15, -0.1) is 22.7 Å². The summed E-state index contributed by atoms with van der Waals surface area (Å²) in [7, 11) is 0. The lowest BCUT2D eigenvalue weighted by Crippen LogP contribution is -1.94. The minimum absolute atomic E-state index is 0.460. The molecule has 0 aliphatic carbocycles. The molecular formula is C36H29BrFN7S2. The summed E-state index contributed by atoms with van der Waals surface area (Å²) >= 11 is 6.55. The van der Waals surface area contributed by atoms with Gasteiger partial charge in [0.1, 0.15) is 11.6 Å². The van der Waals surface area contributed by atoms with Gasteiger partial charge in [-0.2, -0.15) is 4.39 Å². The van der Waals surface area contributed by atoms with Crippen molar-refractivity contribution in [2.45, 2.75) is 20.8 Å². The van der Waals surface area contributed by atoms with Gasteiger partial charge in [0.25, 0.3) is 0 Å². The van der Waals surface area contributed by atoms with E-state index in [-0.39, 0.29) is 0 Å². The Kier molecular flexibility index (Phi) is 10.1. The highest BCUT2D eigenvalue weighted by molar-refractivity contribution is 9.10. The first-order chi connectivity index (χ1) is 22.8. The molecule has 0 amide bonds. The van der Waals surface area contributed by atoms with E-state index >= 15 is 0 Å². The van der Waals surface area contributed by atoms with Crippen LogP contribution < -0.4 is 10.6 Å². The Balaban J connectivity index is 0.000000172. The van der Waals surface area contributed by atoms with Crippen LogP contribution in [0.15, 0.2) is 112 Å². The summed E-state index contributed by atoms with van der Waals surface area (Å²) in [6.45, 7) is 5.74. The summed E-state index contributed by atoms with van der Waals surface area (Å²) in [5, 5.41) is 12.2. The van der Waals surface area contributed by atoms with E-state index in [1.165, 1.54) is 17.4 Å². The third kappa shape index (κ3) is 8.50. The van der Waals surface area contributed by atoms with Gasteiger partial charge in [0.15, 0.2) is 10.3 Å². The Bertz CT molecular complexity index is 2110. The molecule has 47 heavy (non-hydrogen) atoms. The Morgan fingerprint density at radius 3 is 1.53 bits per heavy atom. The van der Waals surface area contributed by atoms with Crippen molar-refractivity contribution in [3.05, 3.63) is 135 Å². The molecule has 2 N–H and O–H groups in total. The molecule has 0 fully saturated rings. The number of hydrogen-bond acceptors (Lipinski definition) is 9. The van der Waals surface area contributed by atoms with Crippen molar-refractivity contribution in [2.24, 2.45) is 0 Å². The maximum atomic E-state index is 13.2. The van der Waals surface area contributed by atoms with Crippen LogP contribution in [0.3, 0.4) is 0 Å². The number of anilines is 4. The molecule has 234 valence electrons. The highest BCUT2D eigenvalue weighted by Crippen LogP contribution is 2.30. The summed E-state index contributed by atoms with van der Waals surface area (Å²) in [6, 6.07) is 31.0. The SMILES string of the molecule is Cc1cccc(Nc2nc(-c3ccc(-c4ccc(F)nc4C)cc3)cs2)n1.Cc1cccc(Nc2nc(-c3ccc(Br)cc3)cs2)n1. The van der Waals surface area contributed by atoms with Gasteiger partial charge >= 0.3 is 0 Å². The average molecular weight is 723 g/mol. The van der Waals surface area contributed by atoms with Crippen LogP contribution in [0.1, 0.15) is 17.1 Å². The Morgan fingerprint density at radius 2 is 1.04 bits per heavy atom. The van der Waals surface area contributed by atoms with Crippen LogP contribution in [0, 0.1) is 26.7 Å². The van der Waals surface area contributed by atoms with Crippen LogP contribution in [0.2, 0.25) is 0 Å². The van der Waals surface area contributed by atoms with E-state index < -0.39 is 5.95 Å². The molecule has 7 nitrogen and oxygen atoms in total. The molecule has 11 heteroatoms. The average Bonchev–Trinajstić information content (AvgIpc) is 3.72. The molecule has 0 radical (unpaired) electrons.